The van der Waals surface area contributed by atoms with Crippen LogP contribution in [0.15, 0.2) is 24.5 Å². The Hall–Kier alpha value is -2.43. The van der Waals surface area contributed by atoms with Crippen molar-refractivity contribution in [3.63, 3.8) is 0 Å². The van der Waals surface area contributed by atoms with Crippen molar-refractivity contribution in [2.75, 3.05) is 25.6 Å². The summed E-state index contributed by atoms with van der Waals surface area (Å²) in [6.45, 7) is 38.3. The van der Waals surface area contributed by atoms with Gasteiger partial charge >= 0.3 is 118 Å². The van der Waals surface area contributed by atoms with E-state index in [1.165, 1.54) is 27.9 Å². The zero-order chi connectivity index (χ0) is 50.5. The van der Waals surface area contributed by atoms with Gasteiger partial charge in [0.1, 0.15) is 39.0 Å². The maximum atomic E-state index is 9.16. The van der Waals surface area contributed by atoms with E-state index in [-0.39, 0.29) is 181 Å². The van der Waals surface area contributed by atoms with Crippen molar-refractivity contribution >= 4 is 118 Å². The number of nitrogens with one attached hydrogen (secondary N) is 1. The molecule has 31 heteroatoms. The molecule has 4 aromatic rings. The monoisotopic (exact) mass is 1160 g/mol. The Morgan fingerprint density at radius 2 is 1.20 bits per heavy atom. The van der Waals surface area contributed by atoms with Crippen LogP contribution in [0.4, 0.5) is 23.0 Å². The summed E-state index contributed by atoms with van der Waals surface area (Å²) in [5.41, 5.74) is 0.00785. The van der Waals surface area contributed by atoms with Crippen LogP contribution in [0.3, 0.4) is 0 Å². The molecule has 69 heavy (non-hydrogen) atoms. The molecule has 3 fully saturated rings. The SMILES string of the molecule is CCC12COB(OC1)OC2.CCSC#N.Cn1c(Cl)c(Cl)c(Cl)c1Cl.Cn1cccc1.O=S(=O)(Cl)Cl.[C-]#N.[C-]#[N+]c1[nH]c(C#N)c(C#N)c1[N+]#[C-].[C-]#[N+]c1c(C#N)c(C#N)n(C)c1[N+]#[C-].[CH3-].[Cl-].[K+].[K+]. The predicted molar refractivity (Wildman–Crippen MR) is 253 cm³/mol. The van der Waals surface area contributed by atoms with E-state index in [1.54, 1.807) is 31.3 Å². The van der Waals surface area contributed by atoms with Gasteiger partial charge in [-0.2, -0.15) is 34.7 Å². The molecule has 0 unspecified atom stereocenters. The van der Waals surface area contributed by atoms with Crippen LogP contribution in [0.5, 0.6) is 0 Å². The Morgan fingerprint density at radius 3 is 1.42 bits per heavy atom. The fraction of sp³-hybridized carbons (Fsp3) is 0.289. The maximum absolute atomic E-state index is 9.16. The van der Waals surface area contributed by atoms with E-state index in [0.717, 1.165) is 32.0 Å². The van der Waals surface area contributed by atoms with Crippen molar-refractivity contribution < 1.29 is 138 Å². The molecule has 19 nitrogen and oxygen atoms in total. The third kappa shape index (κ3) is 26.7. The van der Waals surface area contributed by atoms with Gasteiger partial charge in [-0.05, 0) is 30.3 Å². The molecule has 0 atom stereocenters. The molecule has 0 radical (unpaired) electrons. The standard InChI is InChI=1S/C9H3N5.C8HN5.C6H11BO3.C5H3Cl4N.C5H7N.C3H5NS.CN.CH3.Cl2O2S.ClH.2K/c1-12-8-6(4-10)7(5-11)14(3)9(8)13-2;1-11-7-5(3-9)6(4-10)13-8(7)12-2;1-2-6-3-8-7(9-4-6)10-5-6;1-10-4(8)2(6)3(7)5(10)9;1-6-4-2-3-5-6;1-2-5-3-4;1-2;;1-5(2,3)4;;;/h3H3;13H;2-5H2,1H3;1H3;2-5H,1H3;2H2,1H3;;1H3;;1H;;/q;;;;;;2*-1;;;2*+1/p-1. The smallest absolute Gasteiger partial charge is 1.00 e. The number of rotatable bonds is 2. The van der Waals surface area contributed by atoms with E-state index in [9.17, 15) is 0 Å². The van der Waals surface area contributed by atoms with Crippen molar-refractivity contribution in [2.24, 2.45) is 26.6 Å². The molecule has 4 aromatic heterocycles. The zero-order valence-corrected chi connectivity index (χ0v) is 50.9. The van der Waals surface area contributed by atoms with Crippen LogP contribution in [-0.4, -0.2) is 60.0 Å². The Kier molecular flexibility index (Phi) is 47.6. The van der Waals surface area contributed by atoms with Gasteiger partial charge in [-0.3, -0.25) is 4.57 Å². The molecule has 7 heterocycles. The van der Waals surface area contributed by atoms with E-state index in [4.69, 9.17) is 133 Å². The summed E-state index contributed by atoms with van der Waals surface area (Å²) in [6.07, 6.45) is 5.07. The Bertz CT molecular complexity index is 2560. The number of nitriles is 5. The minimum atomic E-state index is -3.72. The number of aromatic nitrogens is 4. The van der Waals surface area contributed by atoms with Crippen molar-refractivity contribution in [1.82, 2.24) is 18.7 Å². The van der Waals surface area contributed by atoms with E-state index >= 15 is 0 Å². The maximum Gasteiger partial charge on any atom is 1.00 e. The van der Waals surface area contributed by atoms with Crippen LogP contribution in [-0.2, 0) is 43.4 Å². The second kappa shape index (κ2) is 42.1. The van der Waals surface area contributed by atoms with Crippen LogP contribution in [0.25, 0.3) is 19.4 Å². The number of thiocyanates is 1. The van der Waals surface area contributed by atoms with Crippen LogP contribution in [0.1, 0.15) is 42.8 Å². The number of hydrogen-bond donors (Lipinski definition) is 1. The number of halogens is 7. The summed E-state index contributed by atoms with van der Waals surface area (Å²) in [6, 6.07) is 11.0. The van der Waals surface area contributed by atoms with Crippen LogP contribution >= 0.6 is 79.5 Å². The summed E-state index contributed by atoms with van der Waals surface area (Å²) in [7, 11) is 9.62. The molecule has 0 saturated carbocycles. The summed E-state index contributed by atoms with van der Waals surface area (Å²) in [4.78, 5) is 14.6. The molecule has 0 aromatic carbocycles. The predicted octanol–water partition coefficient (Wildman–Crippen LogP) is 2.33. The molecule has 3 aliphatic rings. The molecule has 0 spiro atoms. The van der Waals surface area contributed by atoms with E-state index in [0.29, 0.717) is 20.4 Å². The number of aryl methyl sites for hydroxylation is 1. The first-order valence-electron chi connectivity index (χ1n) is 16.9. The summed E-state index contributed by atoms with van der Waals surface area (Å²) in [5, 5.41) is 51.9. The number of nitrogens with zero attached hydrogens (tertiary/aromatic N) is 13. The molecule has 0 amide bonds. The quantitative estimate of drug-likeness (QED) is 0.131. The van der Waals surface area contributed by atoms with Gasteiger partial charge in [0.25, 0.3) is 0 Å². The Balaban J connectivity index is -0.000000170. The molecule has 3 aliphatic heterocycles. The Labute approximate surface area is 527 Å². The Morgan fingerprint density at radius 1 is 0.768 bits per heavy atom. The topological polar surface area (TPSA) is 253 Å². The summed E-state index contributed by atoms with van der Waals surface area (Å²) < 4.78 is 38.8. The molecule has 352 valence electrons. The molecular formula is C38H33BCl7K2N14O5S2-. The van der Waals surface area contributed by atoms with Gasteiger partial charge < -0.3 is 69.4 Å². The van der Waals surface area contributed by atoms with Gasteiger partial charge in [-0.1, -0.05) is 73.4 Å². The third-order valence-corrected chi connectivity index (χ3v) is 9.94. The number of thioether (sulfide) groups is 1. The van der Waals surface area contributed by atoms with Gasteiger partial charge in [-0.25, -0.2) is 9.69 Å². The van der Waals surface area contributed by atoms with Crippen LogP contribution in [0.2, 0.25) is 20.4 Å². The van der Waals surface area contributed by atoms with E-state index < -0.39 is 8.26 Å². The van der Waals surface area contributed by atoms with Crippen molar-refractivity contribution in [1.29, 1.82) is 31.6 Å². The average Bonchev–Trinajstić information content (AvgIpc) is 4.06. The van der Waals surface area contributed by atoms with Crippen LogP contribution in [0, 0.1) is 107 Å². The first-order chi connectivity index (χ1) is 30.7. The molecule has 3 saturated heterocycles. The van der Waals surface area contributed by atoms with Gasteiger partial charge in [0.15, 0.2) is 11.4 Å². The van der Waals surface area contributed by atoms with Gasteiger partial charge in [0.2, 0.25) is 23.0 Å². The summed E-state index contributed by atoms with van der Waals surface area (Å²) in [5.74, 6) is 0.882. The first-order valence-corrected chi connectivity index (χ1v) is 22.6. The average molecular weight is 1170 g/mol. The van der Waals surface area contributed by atoms with Crippen molar-refractivity contribution in [3.05, 3.63) is 127 Å². The molecule has 7 rings (SSSR count). The second-order valence-electron chi connectivity index (χ2n) is 11.5. The number of fused-ring (bicyclic) bond motifs is 3. The zero-order valence-electron chi connectivity index (χ0n) is 37.7. The fourth-order valence-corrected chi connectivity index (χ4v) is 5.40. The molecule has 1 N–H and O–H groups in total. The number of H-pyrrole nitrogens is 1. The van der Waals surface area contributed by atoms with Gasteiger partial charge in [0.05, 0.1) is 42.4 Å². The van der Waals surface area contributed by atoms with E-state index in [2.05, 4.69) is 52.7 Å². The van der Waals surface area contributed by atoms with Crippen molar-refractivity contribution in [3.8, 4) is 29.7 Å². The number of aromatic amines is 1. The third-order valence-electron chi connectivity index (χ3n) is 7.61. The molecule has 0 aliphatic carbocycles. The first kappa shape index (κ1) is 78.0. The minimum Gasteiger partial charge on any atom is -1.00 e. The minimum absolute atomic E-state index is 0. The van der Waals surface area contributed by atoms with Crippen molar-refractivity contribution in [2.45, 2.75) is 20.3 Å². The molecule has 2 bridgehead atoms. The molecular weight excluding hydrogens is 1130 g/mol. The number of hydrogen-bond acceptors (Lipinski definition) is 12. The van der Waals surface area contributed by atoms with E-state index in [1.807, 2.05) is 48.5 Å². The second-order valence-corrected chi connectivity index (χ2v) is 17.7. The van der Waals surface area contributed by atoms with Crippen LogP contribution < -0.4 is 115 Å². The van der Waals surface area contributed by atoms with Gasteiger partial charge in [0, 0.05) is 78.8 Å². The fourth-order valence-electron chi connectivity index (χ4n) is 4.34. The van der Waals surface area contributed by atoms with Gasteiger partial charge in [-0.15, -0.1) is 0 Å². The largest absolute Gasteiger partial charge is 1.00 e. The summed E-state index contributed by atoms with van der Waals surface area (Å²) >= 11 is 23.9. The normalized spacial score (nSPS) is 10.9.